The molecule has 0 aromatic rings. The van der Waals surface area contributed by atoms with Crippen molar-refractivity contribution in [3.05, 3.63) is 0 Å². The van der Waals surface area contributed by atoms with Crippen LogP contribution in [0.3, 0.4) is 0 Å². The van der Waals surface area contributed by atoms with E-state index in [2.05, 4.69) is 240 Å². The van der Waals surface area contributed by atoms with E-state index >= 15 is 0 Å². The fourth-order valence-electron chi connectivity index (χ4n) is 16.4. The lowest BCUT2D eigenvalue weighted by atomic mass is 9.72. The van der Waals surface area contributed by atoms with Crippen LogP contribution in [0, 0.1) is 71.0 Å². The molecule has 20 atom stereocenters. The van der Waals surface area contributed by atoms with Crippen LogP contribution in [0.2, 0.25) is 0 Å². The lowest BCUT2D eigenvalue weighted by Crippen LogP contribution is -2.61. The van der Waals surface area contributed by atoms with E-state index in [9.17, 15) is 0 Å². The summed E-state index contributed by atoms with van der Waals surface area (Å²) in [6, 6.07) is 0. The number of hydrogen-bond acceptors (Lipinski definition) is 12. The van der Waals surface area contributed by atoms with E-state index in [4.69, 9.17) is 0 Å². The van der Waals surface area contributed by atoms with E-state index in [1.807, 2.05) is 0 Å². The monoisotopic (exact) mass is 1130 g/mol. The third-order valence-electron chi connectivity index (χ3n) is 19.4. The highest BCUT2D eigenvalue weighted by molar-refractivity contribution is 8.14. The summed E-state index contributed by atoms with van der Waals surface area (Å²) in [4.78, 5) is 9.21. The van der Waals surface area contributed by atoms with Crippen molar-refractivity contribution in [1.29, 1.82) is 0 Å². The Bertz CT molecular complexity index is 2090. The molecule has 20 heteroatoms. The number of nitrogens with zero attached hydrogens (tertiary/aromatic N) is 8. The van der Waals surface area contributed by atoms with Gasteiger partial charge in [-0.1, -0.05) is 0 Å². The minimum absolute atomic E-state index is 0.250. The van der Waals surface area contributed by atoms with Crippen LogP contribution >= 0.6 is 47.0 Å². The molecule has 0 spiro atoms. The van der Waals surface area contributed by atoms with E-state index < -0.39 is 0 Å². The maximum atomic E-state index is 4.52. The highest BCUT2D eigenvalue weighted by atomic mass is 32.2. The van der Waals surface area contributed by atoms with Gasteiger partial charge in [-0.15, -0.1) is 0 Å². The number of nitrogens with one attached hydrogen (secondary N) is 8. The zero-order chi connectivity index (χ0) is 54.3. The molecular weight excluding hydrogens is 1020 g/mol. The molecule has 8 N–H and O–H groups in total. The van der Waals surface area contributed by atoms with Gasteiger partial charge in [0, 0.05) is 23.0 Å². The van der Waals surface area contributed by atoms with Crippen LogP contribution in [-0.2, 0) is 0 Å². The summed E-state index contributed by atoms with van der Waals surface area (Å²) in [5, 5.41) is 41.1. The Hall–Kier alpha value is -1.04. The second-order valence-electron chi connectivity index (χ2n) is 26.7. The molecule has 5 heterocycles. The Labute approximate surface area is 478 Å². The van der Waals surface area contributed by atoms with Gasteiger partial charge < -0.3 is 0 Å². The molecule has 16 nitrogen and oxygen atoms in total. The fourth-order valence-corrected chi connectivity index (χ4v) is 21.2. The van der Waals surface area contributed by atoms with Crippen LogP contribution in [0.5, 0.6) is 0 Å². The van der Waals surface area contributed by atoms with Crippen molar-refractivity contribution in [3.8, 4) is 0 Å². The first kappa shape index (κ1) is 59.6. The Morgan fingerprint density at radius 2 is 0.461 bits per heavy atom. The van der Waals surface area contributed by atoms with Crippen LogP contribution in [0.4, 0.5) is 0 Å². The van der Waals surface area contributed by atoms with Gasteiger partial charge in [-0.25, -0.2) is 0 Å². The number of amidine groups is 4. The van der Waals surface area contributed by atoms with Crippen molar-refractivity contribution in [2.24, 2.45) is 71.0 Å². The molecule has 9 fully saturated rings. The predicted octanol–water partition coefficient (Wildman–Crippen LogP) is 3.20. The number of thioether (sulfide) groups is 4. The molecule has 0 amide bonds. The topological polar surface area (TPSA) is 121 Å². The quantitative estimate of drug-likeness (QED) is 0.103. The van der Waals surface area contributed by atoms with E-state index in [1.165, 1.54) is 121 Å². The molecule has 9 rings (SSSR count). The van der Waals surface area contributed by atoms with E-state index in [0.29, 0.717) is 71.0 Å². The van der Waals surface area contributed by atoms with Crippen LogP contribution < -0.4 is 42.5 Å². The molecule has 5 saturated heterocycles. The van der Waals surface area contributed by atoms with Crippen LogP contribution in [0.15, 0.2) is 0 Å². The minimum Gasteiger partial charge on any atom is -0.286 e. The average Bonchev–Trinajstić information content (AvgIpc) is 4.10. The molecule has 5 aliphatic heterocycles. The Morgan fingerprint density at radius 1 is 0.289 bits per heavy atom. The van der Waals surface area contributed by atoms with Gasteiger partial charge >= 0.3 is 20.7 Å². The van der Waals surface area contributed by atoms with Gasteiger partial charge in [0.15, 0.2) is 0 Å². The number of hydrogen-bond donors (Lipinski definition) is 8. The van der Waals surface area contributed by atoms with Crippen molar-refractivity contribution in [3.63, 3.8) is 0 Å². The zero-order valence-electron chi connectivity index (χ0n) is 50.1. The van der Waals surface area contributed by atoms with Gasteiger partial charge in [0.2, 0.25) is 0 Å². The molecule has 9 aliphatic rings. The summed E-state index contributed by atoms with van der Waals surface area (Å²) in [7, 11) is 35.2. The summed E-state index contributed by atoms with van der Waals surface area (Å²) in [5.41, 5.74) is 0. The third kappa shape index (κ3) is 13.6. The first-order valence-corrected chi connectivity index (χ1v) is 33.6. The first-order chi connectivity index (χ1) is 36.2. The molecule has 4 saturated carbocycles. The third-order valence-corrected chi connectivity index (χ3v) is 25.9. The van der Waals surface area contributed by atoms with E-state index in [-0.39, 0.29) is 49.3 Å². The van der Waals surface area contributed by atoms with Crippen molar-refractivity contribution in [2.45, 2.75) is 126 Å². The maximum Gasteiger partial charge on any atom is 0.307 e. The molecule has 76 heavy (non-hydrogen) atoms. The summed E-state index contributed by atoms with van der Waals surface area (Å²) in [5.74, 6) is 12.2. The SMILES string of the molecule is CN(C)C(SCC1CCC2C3NC4NC(NC5NC(NC6NC(NC(N3)C2C1)C1CCC(CSC(N(C)C)=[N+](C)C)CC61)C1CCC(CSC(N(C)C)=[N+](C)C)CC51)C1CC(CSC(N(C)C)=[N+](C)C)CCC41)=[N+](C)C. The lowest BCUT2D eigenvalue weighted by Gasteiger charge is -2.39. The highest BCUT2D eigenvalue weighted by Crippen LogP contribution is 2.49. The van der Waals surface area contributed by atoms with Gasteiger partial charge in [0.25, 0.3) is 0 Å². The van der Waals surface area contributed by atoms with Crippen molar-refractivity contribution < 1.29 is 18.3 Å². The van der Waals surface area contributed by atoms with Gasteiger partial charge in [0.05, 0.1) is 162 Å². The van der Waals surface area contributed by atoms with Crippen molar-refractivity contribution in [2.75, 3.05) is 136 Å². The normalized spacial score (nSPS) is 39.5. The summed E-state index contributed by atoms with van der Waals surface area (Å²) >= 11 is 8.26. The Morgan fingerprint density at radius 3 is 0.618 bits per heavy atom. The largest absolute Gasteiger partial charge is 0.307 e. The molecule has 20 unspecified atom stereocenters. The molecule has 4 aliphatic carbocycles. The van der Waals surface area contributed by atoms with Crippen molar-refractivity contribution in [1.82, 2.24) is 62.1 Å². The second-order valence-corrected chi connectivity index (χ2v) is 30.7. The molecule has 8 bridgehead atoms. The summed E-state index contributed by atoms with van der Waals surface area (Å²) in [6.45, 7) is 0. The molecule has 0 radical (unpaired) electrons. The minimum atomic E-state index is 0.250. The van der Waals surface area contributed by atoms with E-state index in [1.54, 1.807) is 0 Å². The average molecular weight is 1130 g/mol. The van der Waals surface area contributed by atoms with Gasteiger partial charge in [-0.05, 0) is 195 Å². The Kier molecular flexibility index (Phi) is 20.4. The van der Waals surface area contributed by atoms with E-state index in [0.717, 1.165) is 0 Å². The van der Waals surface area contributed by atoms with Crippen LogP contribution in [-0.4, -0.2) is 244 Å². The van der Waals surface area contributed by atoms with Crippen LogP contribution in [0.1, 0.15) is 77.0 Å². The first-order valence-electron chi connectivity index (χ1n) is 29.7. The molecular formula is C56H108N16S4+4. The number of fused-ring (bicyclic) bond motifs is 20. The number of rotatable bonds is 8. The maximum absolute atomic E-state index is 4.52. The Balaban J connectivity index is 1.02. The summed E-state index contributed by atoms with van der Waals surface area (Å²) in [6.07, 6.45) is 17.5. The highest BCUT2D eigenvalue weighted by Gasteiger charge is 2.56. The van der Waals surface area contributed by atoms with Gasteiger partial charge in [0.1, 0.15) is 0 Å². The predicted molar refractivity (Wildman–Crippen MR) is 326 cm³/mol. The molecule has 0 aromatic carbocycles. The fraction of sp³-hybridized carbons (Fsp3) is 0.929. The smallest absolute Gasteiger partial charge is 0.286 e. The molecule has 0 aromatic heterocycles. The second kappa shape index (κ2) is 26.0. The lowest BCUT2D eigenvalue weighted by molar-refractivity contribution is -0.466. The molecule has 432 valence electrons. The van der Waals surface area contributed by atoms with Gasteiger partial charge in [-0.2, -0.15) is 0 Å². The standard InChI is InChI=1S/C56H108N16S4/c1-65(2)53(66(3)4)73-29-33-17-21-37-41(25-33)49-58-45(37)57-46-38-22-18-35(31-75-55(69(9)10)70(11)12)27-43(38)51(59-46)64-52-44-28-36(32-76-56(71(13)14)72(15)16)20-24-40(44)48(63-52)62-50-42-26-34(19-23-39(42)47(60-49)61-50)30-74-54(67(5)6)68(7)8/h33-52,57-64H,17-32H2,1-16H3/q+4. The van der Waals surface area contributed by atoms with Gasteiger partial charge in [-0.3, -0.25) is 80.4 Å². The van der Waals surface area contributed by atoms with Crippen molar-refractivity contribution >= 4 is 67.7 Å². The zero-order valence-corrected chi connectivity index (χ0v) is 53.3. The summed E-state index contributed by atoms with van der Waals surface area (Å²) < 4.78 is 9.21. The van der Waals surface area contributed by atoms with Crippen LogP contribution in [0.25, 0.3) is 0 Å².